The van der Waals surface area contributed by atoms with E-state index in [-0.39, 0.29) is 0 Å². The number of carbonyl (C=O) groups excluding carboxylic acids is 1. The van der Waals surface area contributed by atoms with Crippen molar-refractivity contribution < 1.29 is 4.79 Å². The van der Waals surface area contributed by atoms with Gasteiger partial charge >= 0.3 is 0 Å². The molecule has 19 heavy (non-hydrogen) atoms. The van der Waals surface area contributed by atoms with Crippen molar-refractivity contribution in [3.05, 3.63) is 0 Å². The molecule has 2 saturated heterocycles. The molecule has 0 saturated carbocycles. The van der Waals surface area contributed by atoms with Crippen LogP contribution in [0, 0.1) is 0 Å². The molecule has 0 spiro atoms. The predicted octanol–water partition coefficient (Wildman–Crippen LogP) is 3.05. The molecule has 0 N–H and O–H groups in total. The maximum atomic E-state index is 11.4. The smallest absolute Gasteiger partial charge is 0.222 e. The van der Waals surface area contributed by atoms with Gasteiger partial charge < -0.3 is 9.80 Å². The zero-order valence-corrected chi connectivity index (χ0v) is 12.4. The minimum Gasteiger partial charge on any atom is -0.343 e. The highest BCUT2D eigenvalue weighted by molar-refractivity contribution is 5.77. The Hall–Kier alpha value is -0.570. The first-order valence-corrected chi connectivity index (χ1v) is 8.36. The number of nitrogens with zero attached hydrogens (tertiary/aromatic N) is 2. The fourth-order valence-electron chi connectivity index (χ4n) is 3.29. The fraction of sp³-hybridized carbons (Fsp3) is 0.938. The SMILES string of the molecule is O=C1CCCN1CCCCCCCCN1CCCC1. The Morgan fingerprint density at radius 1 is 0.737 bits per heavy atom. The summed E-state index contributed by atoms with van der Waals surface area (Å²) in [5.74, 6) is 0.380. The Bertz CT molecular complexity index is 261. The largest absolute Gasteiger partial charge is 0.343 e. The topological polar surface area (TPSA) is 23.6 Å². The first kappa shape index (κ1) is 14.8. The molecule has 3 nitrogen and oxygen atoms in total. The van der Waals surface area contributed by atoms with E-state index < -0.39 is 0 Å². The summed E-state index contributed by atoms with van der Waals surface area (Å²) in [7, 11) is 0. The van der Waals surface area contributed by atoms with Gasteiger partial charge in [0.25, 0.3) is 0 Å². The van der Waals surface area contributed by atoms with Crippen molar-refractivity contribution in [1.29, 1.82) is 0 Å². The van der Waals surface area contributed by atoms with Gasteiger partial charge in [-0.2, -0.15) is 0 Å². The van der Waals surface area contributed by atoms with Crippen LogP contribution >= 0.6 is 0 Å². The third kappa shape index (κ3) is 5.52. The first-order chi connectivity index (χ1) is 9.36. The lowest BCUT2D eigenvalue weighted by molar-refractivity contribution is -0.127. The normalized spacial score (nSPS) is 20.6. The van der Waals surface area contributed by atoms with Crippen LogP contribution in [0.3, 0.4) is 0 Å². The molecule has 0 aromatic carbocycles. The lowest BCUT2D eigenvalue weighted by Gasteiger charge is -2.15. The molecular formula is C16H30N2O. The van der Waals surface area contributed by atoms with Gasteiger partial charge in [-0.3, -0.25) is 4.79 Å². The molecule has 0 unspecified atom stereocenters. The van der Waals surface area contributed by atoms with Crippen LogP contribution in [0.25, 0.3) is 0 Å². The second kappa shape index (κ2) is 8.57. The monoisotopic (exact) mass is 266 g/mol. The summed E-state index contributed by atoms with van der Waals surface area (Å²) in [5.41, 5.74) is 0. The molecule has 0 radical (unpaired) electrons. The van der Waals surface area contributed by atoms with E-state index in [9.17, 15) is 4.79 Å². The third-order valence-electron chi connectivity index (χ3n) is 4.52. The summed E-state index contributed by atoms with van der Waals surface area (Å²) in [6.07, 6.45) is 12.7. The van der Waals surface area contributed by atoms with E-state index in [1.54, 1.807) is 0 Å². The fourth-order valence-corrected chi connectivity index (χ4v) is 3.29. The average molecular weight is 266 g/mol. The van der Waals surface area contributed by atoms with E-state index in [0.29, 0.717) is 5.91 Å². The van der Waals surface area contributed by atoms with Gasteiger partial charge in [-0.15, -0.1) is 0 Å². The second-order valence-corrected chi connectivity index (χ2v) is 6.15. The van der Waals surface area contributed by atoms with Crippen LogP contribution < -0.4 is 0 Å². The van der Waals surface area contributed by atoms with Gasteiger partial charge in [-0.05, 0) is 51.7 Å². The van der Waals surface area contributed by atoms with E-state index in [1.807, 2.05) is 4.90 Å². The van der Waals surface area contributed by atoms with Gasteiger partial charge in [0.05, 0.1) is 0 Å². The van der Waals surface area contributed by atoms with Crippen LogP contribution in [0.2, 0.25) is 0 Å². The quantitative estimate of drug-likeness (QED) is 0.599. The number of rotatable bonds is 9. The highest BCUT2D eigenvalue weighted by Gasteiger charge is 2.18. The van der Waals surface area contributed by atoms with Crippen molar-refractivity contribution in [2.75, 3.05) is 32.7 Å². The molecule has 2 aliphatic heterocycles. The highest BCUT2D eigenvalue weighted by atomic mass is 16.2. The molecule has 3 heteroatoms. The summed E-state index contributed by atoms with van der Waals surface area (Å²) in [6.45, 7) is 6.01. The third-order valence-corrected chi connectivity index (χ3v) is 4.52. The minimum atomic E-state index is 0.380. The maximum absolute atomic E-state index is 11.4. The zero-order valence-electron chi connectivity index (χ0n) is 12.4. The van der Waals surface area contributed by atoms with Gasteiger partial charge in [0.15, 0.2) is 0 Å². The van der Waals surface area contributed by atoms with Crippen molar-refractivity contribution in [2.45, 2.75) is 64.2 Å². The number of likely N-dealkylation sites (tertiary alicyclic amines) is 2. The molecule has 0 bridgehead atoms. The lowest BCUT2D eigenvalue weighted by atomic mass is 10.1. The van der Waals surface area contributed by atoms with Crippen molar-refractivity contribution >= 4 is 5.91 Å². The van der Waals surface area contributed by atoms with Gasteiger partial charge in [0.1, 0.15) is 0 Å². The molecule has 0 aromatic heterocycles. The van der Waals surface area contributed by atoms with Crippen LogP contribution in [0.1, 0.15) is 64.2 Å². The molecule has 0 aliphatic carbocycles. The van der Waals surface area contributed by atoms with E-state index in [4.69, 9.17) is 0 Å². The molecule has 2 heterocycles. The number of hydrogen-bond donors (Lipinski definition) is 0. The van der Waals surface area contributed by atoms with E-state index in [0.717, 1.165) is 25.9 Å². The molecule has 2 fully saturated rings. The summed E-state index contributed by atoms with van der Waals surface area (Å²) in [4.78, 5) is 16.1. The standard InChI is InChI=1S/C16H30N2O/c19-16-10-9-15-18(16)14-6-4-2-1-3-5-11-17-12-7-8-13-17/h1-15H2. The predicted molar refractivity (Wildman–Crippen MR) is 79.2 cm³/mol. The van der Waals surface area contributed by atoms with Crippen molar-refractivity contribution in [1.82, 2.24) is 9.80 Å². The Labute approximate surface area is 118 Å². The van der Waals surface area contributed by atoms with Gasteiger partial charge in [0.2, 0.25) is 5.91 Å². The van der Waals surface area contributed by atoms with Crippen LogP contribution in [0.15, 0.2) is 0 Å². The summed E-state index contributed by atoms with van der Waals surface area (Å²) in [5, 5.41) is 0. The van der Waals surface area contributed by atoms with Crippen LogP contribution in [0.5, 0.6) is 0 Å². The summed E-state index contributed by atoms with van der Waals surface area (Å²) >= 11 is 0. The number of carbonyl (C=O) groups is 1. The molecular weight excluding hydrogens is 236 g/mol. The first-order valence-electron chi connectivity index (χ1n) is 8.36. The second-order valence-electron chi connectivity index (χ2n) is 6.15. The van der Waals surface area contributed by atoms with Crippen molar-refractivity contribution in [3.63, 3.8) is 0 Å². The minimum absolute atomic E-state index is 0.380. The summed E-state index contributed by atoms with van der Waals surface area (Å²) < 4.78 is 0. The molecule has 1 amide bonds. The van der Waals surface area contributed by atoms with Crippen molar-refractivity contribution in [2.24, 2.45) is 0 Å². The van der Waals surface area contributed by atoms with Gasteiger partial charge in [-0.25, -0.2) is 0 Å². The highest BCUT2D eigenvalue weighted by Crippen LogP contribution is 2.13. The molecule has 2 aliphatic rings. The van der Waals surface area contributed by atoms with Crippen molar-refractivity contribution in [3.8, 4) is 0 Å². The van der Waals surface area contributed by atoms with Crippen LogP contribution in [0.4, 0.5) is 0 Å². The molecule has 110 valence electrons. The lowest BCUT2D eigenvalue weighted by Crippen LogP contribution is -2.25. The van der Waals surface area contributed by atoms with E-state index >= 15 is 0 Å². The molecule has 2 rings (SSSR count). The Morgan fingerprint density at radius 2 is 1.37 bits per heavy atom. The molecule has 0 atom stereocenters. The average Bonchev–Trinajstić information content (AvgIpc) is 3.05. The zero-order chi connectivity index (χ0) is 13.3. The Balaban J connectivity index is 1.35. The maximum Gasteiger partial charge on any atom is 0.222 e. The summed E-state index contributed by atoms with van der Waals surface area (Å²) in [6, 6.07) is 0. The number of hydrogen-bond acceptors (Lipinski definition) is 2. The van der Waals surface area contributed by atoms with Gasteiger partial charge in [-0.1, -0.05) is 25.7 Å². The Kier molecular flexibility index (Phi) is 6.69. The van der Waals surface area contributed by atoms with Crippen LogP contribution in [-0.4, -0.2) is 48.4 Å². The number of amides is 1. The van der Waals surface area contributed by atoms with Gasteiger partial charge in [0, 0.05) is 19.5 Å². The number of unbranched alkanes of at least 4 members (excludes halogenated alkanes) is 5. The Morgan fingerprint density at radius 3 is 2.00 bits per heavy atom. The van der Waals surface area contributed by atoms with E-state index in [2.05, 4.69) is 4.90 Å². The van der Waals surface area contributed by atoms with E-state index in [1.165, 1.54) is 71.0 Å². The molecule has 0 aromatic rings. The van der Waals surface area contributed by atoms with Crippen LogP contribution in [-0.2, 0) is 4.79 Å².